The summed E-state index contributed by atoms with van der Waals surface area (Å²) in [5.41, 5.74) is 1.68. The highest BCUT2D eigenvalue weighted by Crippen LogP contribution is 2.56. The normalized spacial score (nSPS) is 17.9. The van der Waals surface area contributed by atoms with Gasteiger partial charge in [0.25, 0.3) is 5.91 Å². The van der Waals surface area contributed by atoms with Crippen molar-refractivity contribution in [3.63, 3.8) is 0 Å². The molecule has 0 unspecified atom stereocenters. The highest BCUT2D eigenvalue weighted by molar-refractivity contribution is 14.1. The Bertz CT molecular complexity index is 680. The molecule has 2 heterocycles. The maximum atomic E-state index is 12.5. The zero-order valence-electron chi connectivity index (χ0n) is 11.6. The van der Waals surface area contributed by atoms with Gasteiger partial charge in [-0.1, -0.05) is 37.4 Å². The molecule has 1 aromatic carbocycles. The van der Waals surface area contributed by atoms with Crippen LogP contribution in [0.5, 0.6) is 0 Å². The van der Waals surface area contributed by atoms with E-state index in [-0.39, 0.29) is 11.8 Å². The zero-order chi connectivity index (χ0) is 15.3. The van der Waals surface area contributed by atoms with Crippen LogP contribution in [0.2, 0.25) is 0 Å². The van der Waals surface area contributed by atoms with Crippen LogP contribution in [0.3, 0.4) is 0 Å². The molecule has 0 radical (unpaired) electrons. The lowest BCUT2D eigenvalue weighted by Crippen LogP contribution is -2.18. The smallest absolute Gasteiger partial charge is 0.267 e. The van der Waals surface area contributed by atoms with Crippen molar-refractivity contribution in [2.75, 3.05) is 7.05 Å². The SMILES string of the molecule is CC(C)C1=NN(C)C(=O)C1=C1Sc2c(I)ccc(I)c2S1. The molecule has 0 atom stereocenters. The van der Waals surface area contributed by atoms with Crippen LogP contribution < -0.4 is 0 Å². The first-order valence-corrected chi connectivity index (χ1v) is 10.1. The third-order valence-corrected chi connectivity index (χ3v) is 8.37. The second-order valence-electron chi connectivity index (χ2n) is 5.02. The number of hydrogen-bond donors (Lipinski definition) is 0. The molecule has 2 aliphatic rings. The van der Waals surface area contributed by atoms with E-state index >= 15 is 0 Å². The number of amides is 1. The van der Waals surface area contributed by atoms with E-state index in [4.69, 9.17) is 0 Å². The molecule has 0 aromatic heterocycles. The molecule has 21 heavy (non-hydrogen) atoms. The summed E-state index contributed by atoms with van der Waals surface area (Å²) in [5.74, 6) is 0.246. The second-order valence-corrected chi connectivity index (χ2v) is 9.65. The predicted molar refractivity (Wildman–Crippen MR) is 106 cm³/mol. The molecule has 0 N–H and O–H groups in total. The van der Waals surface area contributed by atoms with Gasteiger partial charge in [0.2, 0.25) is 0 Å². The number of carbonyl (C=O) groups is 1. The molecule has 3 rings (SSSR count). The second kappa shape index (κ2) is 6.04. The minimum atomic E-state index is 0.00604. The van der Waals surface area contributed by atoms with Crippen molar-refractivity contribution in [1.29, 1.82) is 0 Å². The molecule has 110 valence electrons. The van der Waals surface area contributed by atoms with Crippen LogP contribution in [0, 0.1) is 13.1 Å². The van der Waals surface area contributed by atoms with Crippen molar-refractivity contribution in [3.8, 4) is 0 Å². The summed E-state index contributed by atoms with van der Waals surface area (Å²) in [7, 11) is 1.73. The number of nitrogens with zero attached hydrogens (tertiary/aromatic N) is 2. The van der Waals surface area contributed by atoms with Gasteiger partial charge in [-0.2, -0.15) is 5.10 Å². The highest BCUT2D eigenvalue weighted by Gasteiger charge is 2.36. The number of hydrogen-bond acceptors (Lipinski definition) is 4. The molecule has 1 amide bonds. The molecular weight excluding hydrogens is 530 g/mol. The lowest BCUT2D eigenvalue weighted by atomic mass is 10.0. The van der Waals surface area contributed by atoms with Gasteiger partial charge in [0.15, 0.2) is 0 Å². The number of fused-ring (bicyclic) bond motifs is 1. The summed E-state index contributed by atoms with van der Waals surface area (Å²) < 4.78 is 3.53. The molecule has 7 heteroatoms. The Morgan fingerprint density at radius 3 is 2.14 bits per heavy atom. The van der Waals surface area contributed by atoms with Crippen LogP contribution in [0.1, 0.15) is 13.8 Å². The minimum absolute atomic E-state index is 0.00604. The first-order valence-electron chi connectivity index (χ1n) is 6.35. The van der Waals surface area contributed by atoms with Crippen LogP contribution in [0.25, 0.3) is 0 Å². The number of likely N-dealkylation sites (N-methyl/N-ethyl adjacent to an activating group) is 1. The number of rotatable bonds is 1. The van der Waals surface area contributed by atoms with Gasteiger partial charge in [-0.25, -0.2) is 5.01 Å². The van der Waals surface area contributed by atoms with Gasteiger partial charge in [0, 0.05) is 24.0 Å². The van der Waals surface area contributed by atoms with Gasteiger partial charge in [0.05, 0.1) is 15.5 Å². The Balaban J connectivity index is 2.10. The first kappa shape index (κ1) is 16.1. The highest BCUT2D eigenvalue weighted by atomic mass is 127. The van der Waals surface area contributed by atoms with E-state index < -0.39 is 0 Å². The van der Waals surface area contributed by atoms with E-state index in [1.54, 1.807) is 30.6 Å². The average Bonchev–Trinajstić information content (AvgIpc) is 2.98. The summed E-state index contributed by atoms with van der Waals surface area (Å²) in [4.78, 5) is 15.0. The minimum Gasteiger partial charge on any atom is -0.267 e. The van der Waals surface area contributed by atoms with Crippen LogP contribution >= 0.6 is 68.7 Å². The van der Waals surface area contributed by atoms with Gasteiger partial charge < -0.3 is 0 Å². The van der Waals surface area contributed by atoms with E-state index in [2.05, 4.69) is 76.3 Å². The van der Waals surface area contributed by atoms with E-state index in [0.29, 0.717) is 0 Å². The Morgan fingerprint density at radius 1 is 1.14 bits per heavy atom. The number of halogens is 2. The summed E-state index contributed by atoms with van der Waals surface area (Å²) in [5, 5.41) is 5.87. The van der Waals surface area contributed by atoms with E-state index in [1.807, 2.05) is 0 Å². The number of hydrazone groups is 1. The van der Waals surface area contributed by atoms with Gasteiger partial charge >= 0.3 is 0 Å². The number of benzene rings is 1. The standard InChI is InChI=1S/C14H12I2N2OS2/c1-6(2)10-9(13(19)18(3)17-10)14-20-11-7(15)4-5-8(16)12(11)21-14/h4-6H,1-3H3. The molecule has 0 saturated heterocycles. The molecule has 2 aliphatic heterocycles. The maximum absolute atomic E-state index is 12.5. The largest absolute Gasteiger partial charge is 0.277 e. The van der Waals surface area contributed by atoms with E-state index in [1.165, 1.54) is 21.9 Å². The monoisotopic (exact) mass is 542 g/mol. The quantitative estimate of drug-likeness (QED) is 0.378. The first-order chi connectivity index (χ1) is 9.90. The van der Waals surface area contributed by atoms with Gasteiger partial charge in [0.1, 0.15) is 0 Å². The molecule has 1 aromatic rings. The van der Waals surface area contributed by atoms with Gasteiger partial charge in [-0.3, -0.25) is 4.79 Å². The Hall–Kier alpha value is 0.260. The fourth-order valence-electron chi connectivity index (χ4n) is 2.14. The van der Waals surface area contributed by atoms with Gasteiger partial charge in [-0.15, -0.1) is 0 Å². The molecule has 3 nitrogen and oxygen atoms in total. The lowest BCUT2D eigenvalue weighted by Gasteiger charge is -2.07. The summed E-state index contributed by atoms with van der Waals surface area (Å²) >= 11 is 8.12. The average molecular weight is 542 g/mol. The van der Waals surface area contributed by atoms with Crippen molar-refractivity contribution in [1.82, 2.24) is 5.01 Å². The van der Waals surface area contributed by atoms with E-state index in [0.717, 1.165) is 15.5 Å². The summed E-state index contributed by atoms with van der Waals surface area (Å²) in [6.45, 7) is 4.16. The molecule has 0 fully saturated rings. The summed E-state index contributed by atoms with van der Waals surface area (Å²) in [6, 6.07) is 4.25. The molecule has 0 aliphatic carbocycles. The molecule has 0 saturated carbocycles. The fourth-order valence-corrected chi connectivity index (χ4v) is 6.67. The van der Waals surface area contributed by atoms with Crippen molar-refractivity contribution in [2.24, 2.45) is 11.0 Å². The van der Waals surface area contributed by atoms with Gasteiger partial charge in [-0.05, 0) is 63.2 Å². The predicted octanol–water partition coefficient (Wildman–Crippen LogP) is 4.79. The number of carbonyl (C=O) groups excluding carboxylic acids is 1. The lowest BCUT2D eigenvalue weighted by molar-refractivity contribution is -0.124. The maximum Gasteiger partial charge on any atom is 0.277 e. The van der Waals surface area contributed by atoms with Crippen molar-refractivity contribution in [2.45, 2.75) is 23.6 Å². The van der Waals surface area contributed by atoms with Crippen LogP contribution in [-0.2, 0) is 4.79 Å². The third-order valence-electron chi connectivity index (χ3n) is 3.18. The Morgan fingerprint density at radius 2 is 1.67 bits per heavy atom. The van der Waals surface area contributed by atoms with E-state index in [9.17, 15) is 4.79 Å². The van der Waals surface area contributed by atoms with Crippen LogP contribution in [0.15, 0.2) is 36.8 Å². The Kier molecular flexibility index (Phi) is 4.64. The number of thioether (sulfide) groups is 2. The van der Waals surface area contributed by atoms with Crippen molar-refractivity contribution < 1.29 is 4.79 Å². The molecular formula is C14H12I2N2OS2. The van der Waals surface area contributed by atoms with Crippen LogP contribution in [-0.4, -0.2) is 23.7 Å². The summed E-state index contributed by atoms with van der Waals surface area (Å²) in [6.07, 6.45) is 0. The third kappa shape index (κ3) is 2.78. The Labute approximate surface area is 159 Å². The molecule has 0 bridgehead atoms. The topological polar surface area (TPSA) is 32.7 Å². The molecule has 0 spiro atoms. The fraction of sp³-hybridized carbons (Fsp3) is 0.286. The van der Waals surface area contributed by atoms with Crippen LogP contribution in [0.4, 0.5) is 0 Å². The van der Waals surface area contributed by atoms with Crippen molar-refractivity contribution in [3.05, 3.63) is 29.1 Å². The zero-order valence-corrected chi connectivity index (χ0v) is 17.6. The van der Waals surface area contributed by atoms with Crippen molar-refractivity contribution >= 4 is 80.3 Å².